The summed E-state index contributed by atoms with van der Waals surface area (Å²) in [5.74, 6) is 3.26. The molecule has 2 rings (SSSR count). The van der Waals surface area contributed by atoms with Crippen LogP contribution >= 0.6 is 24.0 Å². The number of nitrogens with two attached hydrogens (primary N) is 1. The molecule has 4 heteroatoms. The van der Waals surface area contributed by atoms with Crippen LogP contribution in [0.15, 0.2) is 4.99 Å². The van der Waals surface area contributed by atoms with Gasteiger partial charge in [-0.2, -0.15) is 0 Å². The van der Waals surface area contributed by atoms with Gasteiger partial charge in [-0.3, -0.25) is 4.99 Å². The quantitative estimate of drug-likeness (QED) is 0.454. The van der Waals surface area contributed by atoms with Gasteiger partial charge in [0.1, 0.15) is 0 Å². The molecule has 0 aromatic rings. The second kappa shape index (κ2) is 8.32. The van der Waals surface area contributed by atoms with Gasteiger partial charge in [-0.15, -0.1) is 24.0 Å². The first-order valence-corrected chi connectivity index (χ1v) is 7.70. The zero-order chi connectivity index (χ0) is 13.0. The third kappa shape index (κ3) is 5.48. The molecule has 2 N–H and O–H groups in total. The van der Waals surface area contributed by atoms with E-state index in [4.69, 9.17) is 5.73 Å². The molecule has 1 aliphatic heterocycles. The van der Waals surface area contributed by atoms with Crippen molar-refractivity contribution in [1.82, 2.24) is 4.90 Å². The first-order chi connectivity index (χ1) is 8.65. The van der Waals surface area contributed by atoms with Crippen molar-refractivity contribution in [3.63, 3.8) is 0 Å². The van der Waals surface area contributed by atoms with Gasteiger partial charge in [0.25, 0.3) is 0 Å². The predicted octanol–water partition coefficient (Wildman–Crippen LogP) is 3.48. The Morgan fingerprint density at radius 1 is 1.11 bits per heavy atom. The van der Waals surface area contributed by atoms with Gasteiger partial charge in [0.15, 0.2) is 5.96 Å². The van der Waals surface area contributed by atoms with Crippen LogP contribution in [0.4, 0.5) is 0 Å². The highest BCUT2D eigenvalue weighted by atomic mass is 127. The average Bonchev–Trinajstić information content (AvgIpc) is 2.38. The Labute approximate surface area is 135 Å². The molecule has 1 saturated heterocycles. The third-order valence-electron chi connectivity index (χ3n) is 4.63. The normalized spacial score (nSPS) is 32.8. The average molecular weight is 379 g/mol. The Bertz CT molecular complexity index is 285. The number of guanidine groups is 1. The van der Waals surface area contributed by atoms with Crippen molar-refractivity contribution < 1.29 is 0 Å². The Hall–Kier alpha value is 0. The van der Waals surface area contributed by atoms with Crippen LogP contribution in [0.2, 0.25) is 0 Å². The number of nitrogens with zero attached hydrogens (tertiary/aromatic N) is 2. The highest BCUT2D eigenvalue weighted by Gasteiger charge is 2.20. The lowest BCUT2D eigenvalue weighted by molar-refractivity contribution is 0.267. The van der Waals surface area contributed by atoms with Crippen molar-refractivity contribution in [1.29, 1.82) is 0 Å². The summed E-state index contributed by atoms with van der Waals surface area (Å²) in [7, 11) is 0. The topological polar surface area (TPSA) is 41.6 Å². The molecule has 2 aliphatic rings. The summed E-state index contributed by atoms with van der Waals surface area (Å²) in [5, 5.41) is 0. The van der Waals surface area contributed by atoms with Crippen molar-refractivity contribution in [2.75, 3.05) is 19.6 Å². The standard InChI is InChI=1S/C15H29N3.HI/c1-12-5-7-14(8-6-12)10-17-15(16)18-9-3-4-13(2)11-18;/h12-14H,3-11H2,1-2H3,(H2,16,17);1H. The molecule has 0 radical (unpaired) electrons. The summed E-state index contributed by atoms with van der Waals surface area (Å²) in [5.41, 5.74) is 6.13. The molecule has 19 heavy (non-hydrogen) atoms. The number of hydrogen-bond donors (Lipinski definition) is 1. The van der Waals surface area contributed by atoms with Gasteiger partial charge in [-0.05, 0) is 43.4 Å². The maximum absolute atomic E-state index is 6.13. The van der Waals surface area contributed by atoms with Gasteiger partial charge in [0, 0.05) is 19.6 Å². The van der Waals surface area contributed by atoms with Crippen LogP contribution in [0.25, 0.3) is 0 Å². The number of likely N-dealkylation sites (tertiary alicyclic amines) is 1. The maximum Gasteiger partial charge on any atom is 0.191 e. The van der Waals surface area contributed by atoms with E-state index in [0.717, 1.165) is 43.3 Å². The highest BCUT2D eigenvalue weighted by Crippen LogP contribution is 2.28. The summed E-state index contributed by atoms with van der Waals surface area (Å²) in [6, 6.07) is 0. The molecule has 0 spiro atoms. The van der Waals surface area contributed by atoms with Crippen molar-refractivity contribution >= 4 is 29.9 Å². The Morgan fingerprint density at radius 2 is 1.79 bits per heavy atom. The number of rotatable bonds is 2. The van der Waals surface area contributed by atoms with Crippen LogP contribution in [0, 0.1) is 17.8 Å². The molecule has 1 aliphatic carbocycles. The fourth-order valence-corrected chi connectivity index (χ4v) is 3.23. The molecular weight excluding hydrogens is 349 g/mol. The van der Waals surface area contributed by atoms with Crippen LogP contribution in [-0.4, -0.2) is 30.5 Å². The van der Waals surface area contributed by atoms with E-state index in [1.807, 2.05) is 0 Å². The highest BCUT2D eigenvalue weighted by molar-refractivity contribution is 14.0. The molecule has 0 bridgehead atoms. The van der Waals surface area contributed by atoms with E-state index < -0.39 is 0 Å². The summed E-state index contributed by atoms with van der Waals surface area (Å²) < 4.78 is 0. The van der Waals surface area contributed by atoms with E-state index in [9.17, 15) is 0 Å². The van der Waals surface area contributed by atoms with E-state index >= 15 is 0 Å². The van der Waals surface area contributed by atoms with Crippen molar-refractivity contribution in [3.05, 3.63) is 0 Å². The summed E-state index contributed by atoms with van der Waals surface area (Å²) in [6.07, 6.45) is 8.03. The van der Waals surface area contributed by atoms with Gasteiger partial charge >= 0.3 is 0 Å². The Kier molecular flexibility index (Phi) is 7.47. The Morgan fingerprint density at radius 3 is 2.42 bits per heavy atom. The van der Waals surface area contributed by atoms with E-state index in [1.54, 1.807) is 0 Å². The number of piperidine rings is 1. The smallest absolute Gasteiger partial charge is 0.191 e. The number of hydrogen-bond acceptors (Lipinski definition) is 1. The lowest BCUT2D eigenvalue weighted by atomic mass is 9.83. The molecule has 0 aromatic heterocycles. The van der Waals surface area contributed by atoms with Gasteiger partial charge in [-0.25, -0.2) is 0 Å². The molecule has 0 aromatic carbocycles. The summed E-state index contributed by atoms with van der Waals surface area (Å²) in [6.45, 7) is 7.81. The van der Waals surface area contributed by atoms with E-state index in [0.29, 0.717) is 0 Å². The van der Waals surface area contributed by atoms with Crippen LogP contribution in [-0.2, 0) is 0 Å². The number of halogens is 1. The van der Waals surface area contributed by atoms with Crippen LogP contribution in [0.3, 0.4) is 0 Å². The van der Waals surface area contributed by atoms with Crippen LogP contribution in [0.1, 0.15) is 52.4 Å². The lowest BCUT2D eigenvalue weighted by Gasteiger charge is -2.32. The van der Waals surface area contributed by atoms with E-state index in [1.165, 1.54) is 38.5 Å². The SMILES string of the molecule is CC1CCC(CN=C(N)N2CCCC(C)C2)CC1.I. The fourth-order valence-electron chi connectivity index (χ4n) is 3.23. The minimum Gasteiger partial charge on any atom is -0.370 e. The minimum absolute atomic E-state index is 0. The lowest BCUT2D eigenvalue weighted by Crippen LogP contribution is -2.43. The molecule has 1 saturated carbocycles. The van der Waals surface area contributed by atoms with Gasteiger partial charge in [-0.1, -0.05) is 26.7 Å². The number of aliphatic imine (C=N–C) groups is 1. The minimum atomic E-state index is 0. The van der Waals surface area contributed by atoms with Crippen molar-refractivity contribution in [2.45, 2.75) is 52.4 Å². The summed E-state index contributed by atoms with van der Waals surface area (Å²) in [4.78, 5) is 6.93. The second-order valence-corrected chi connectivity index (χ2v) is 6.52. The van der Waals surface area contributed by atoms with Crippen LogP contribution in [0.5, 0.6) is 0 Å². The zero-order valence-electron chi connectivity index (χ0n) is 12.5. The molecular formula is C15H30IN3. The van der Waals surface area contributed by atoms with E-state index in [2.05, 4.69) is 23.7 Å². The molecule has 1 atom stereocenters. The van der Waals surface area contributed by atoms with Crippen LogP contribution < -0.4 is 5.73 Å². The van der Waals surface area contributed by atoms with Gasteiger partial charge in [0.05, 0.1) is 0 Å². The first kappa shape index (κ1) is 17.1. The Balaban J connectivity index is 0.00000180. The second-order valence-electron chi connectivity index (χ2n) is 6.52. The van der Waals surface area contributed by atoms with Crippen molar-refractivity contribution in [2.24, 2.45) is 28.5 Å². The maximum atomic E-state index is 6.13. The molecule has 1 heterocycles. The summed E-state index contributed by atoms with van der Waals surface area (Å²) >= 11 is 0. The van der Waals surface area contributed by atoms with Crippen molar-refractivity contribution in [3.8, 4) is 0 Å². The molecule has 0 amide bonds. The van der Waals surface area contributed by atoms with Gasteiger partial charge < -0.3 is 10.6 Å². The molecule has 3 nitrogen and oxygen atoms in total. The molecule has 112 valence electrons. The molecule has 1 unspecified atom stereocenters. The fraction of sp³-hybridized carbons (Fsp3) is 0.933. The van der Waals surface area contributed by atoms with E-state index in [-0.39, 0.29) is 24.0 Å². The van der Waals surface area contributed by atoms with Gasteiger partial charge in [0.2, 0.25) is 0 Å². The first-order valence-electron chi connectivity index (χ1n) is 7.70. The third-order valence-corrected chi connectivity index (χ3v) is 4.63. The zero-order valence-corrected chi connectivity index (χ0v) is 14.8. The predicted molar refractivity (Wildman–Crippen MR) is 93.0 cm³/mol. The molecule has 2 fully saturated rings. The largest absolute Gasteiger partial charge is 0.370 e. The monoisotopic (exact) mass is 379 g/mol.